The van der Waals surface area contributed by atoms with E-state index in [9.17, 15) is 0 Å². The van der Waals surface area contributed by atoms with Gasteiger partial charge in [-0.15, -0.1) is 0 Å². The molecule has 1 aromatic carbocycles. The minimum atomic E-state index is 0.708. The molecule has 0 fully saturated rings. The first-order valence-corrected chi connectivity index (χ1v) is 6.82. The minimum Gasteiger partial charge on any atom is -0.491 e. The molecule has 2 nitrogen and oxygen atoms in total. The van der Waals surface area contributed by atoms with Crippen molar-refractivity contribution >= 4 is 0 Å². The average molecular weight is 257 g/mol. The molecule has 0 atom stereocenters. The van der Waals surface area contributed by atoms with Crippen LogP contribution in [0.4, 0.5) is 0 Å². The number of ether oxygens (including phenoxy) is 1. The lowest BCUT2D eigenvalue weighted by atomic mass is 10.1. The van der Waals surface area contributed by atoms with Crippen molar-refractivity contribution in [3.8, 4) is 5.75 Å². The summed E-state index contributed by atoms with van der Waals surface area (Å²) in [4.78, 5) is 0. The Morgan fingerprint density at radius 1 is 0.842 bits per heavy atom. The van der Waals surface area contributed by atoms with Crippen molar-refractivity contribution < 1.29 is 4.74 Å². The number of rotatable bonds is 4. The molecule has 2 rings (SSSR count). The van der Waals surface area contributed by atoms with E-state index < -0.39 is 0 Å². The van der Waals surface area contributed by atoms with E-state index in [2.05, 4.69) is 63.5 Å². The van der Waals surface area contributed by atoms with Gasteiger partial charge in [-0.25, -0.2) is 0 Å². The second-order valence-corrected chi connectivity index (χ2v) is 5.32. The van der Waals surface area contributed by atoms with Gasteiger partial charge in [0.15, 0.2) is 0 Å². The third kappa shape index (κ3) is 3.01. The zero-order chi connectivity index (χ0) is 14.0. The zero-order valence-corrected chi connectivity index (χ0v) is 12.6. The third-order valence-corrected chi connectivity index (χ3v) is 3.78. The topological polar surface area (TPSA) is 14.2 Å². The fraction of sp³-hybridized carbons (Fsp3) is 0.412. The Morgan fingerprint density at radius 2 is 1.42 bits per heavy atom. The van der Waals surface area contributed by atoms with Crippen LogP contribution in [0.5, 0.6) is 5.75 Å². The van der Waals surface area contributed by atoms with E-state index in [0.717, 1.165) is 12.3 Å². The Labute approximate surface area is 116 Å². The van der Waals surface area contributed by atoms with E-state index in [0.29, 0.717) is 6.61 Å². The molecule has 0 aliphatic carbocycles. The molecular weight excluding hydrogens is 234 g/mol. The number of aryl methyl sites for hydroxylation is 5. The van der Waals surface area contributed by atoms with Crippen molar-refractivity contribution in [1.29, 1.82) is 0 Å². The van der Waals surface area contributed by atoms with E-state index in [4.69, 9.17) is 4.74 Å². The normalized spacial score (nSPS) is 10.8. The Morgan fingerprint density at radius 3 is 2.05 bits per heavy atom. The second-order valence-electron chi connectivity index (χ2n) is 5.32. The van der Waals surface area contributed by atoms with Crippen molar-refractivity contribution in [2.45, 2.75) is 41.2 Å². The lowest BCUT2D eigenvalue weighted by molar-refractivity contribution is 0.294. The van der Waals surface area contributed by atoms with Crippen LogP contribution in [0.15, 0.2) is 24.3 Å². The van der Waals surface area contributed by atoms with Gasteiger partial charge in [0, 0.05) is 11.4 Å². The van der Waals surface area contributed by atoms with Gasteiger partial charge in [-0.2, -0.15) is 0 Å². The zero-order valence-electron chi connectivity index (χ0n) is 12.6. The molecule has 102 valence electrons. The Kier molecular flexibility index (Phi) is 3.98. The summed E-state index contributed by atoms with van der Waals surface area (Å²) >= 11 is 0. The minimum absolute atomic E-state index is 0.708. The van der Waals surface area contributed by atoms with E-state index in [1.165, 1.54) is 28.1 Å². The molecule has 0 saturated carbocycles. The lowest BCUT2D eigenvalue weighted by Gasteiger charge is -2.14. The summed E-state index contributed by atoms with van der Waals surface area (Å²) in [6.45, 7) is 12.2. The predicted octanol–water partition coefficient (Wildman–Crippen LogP) is 4.11. The van der Waals surface area contributed by atoms with Crippen molar-refractivity contribution in [2.24, 2.45) is 0 Å². The standard InChI is InChI=1S/C17H23NO/c1-12-10-14(3)17(11-13(12)2)19-9-8-18-15(4)6-7-16(18)5/h6-7,10-11H,8-9H2,1-5H3. The summed E-state index contributed by atoms with van der Waals surface area (Å²) in [5, 5.41) is 0. The van der Waals surface area contributed by atoms with E-state index in [1.807, 2.05) is 0 Å². The maximum Gasteiger partial charge on any atom is 0.122 e. The van der Waals surface area contributed by atoms with Crippen LogP contribution in [0.3, 0.4) is 0 Å². The van der Waals surface area contributed by atoms with Crippen LogP contribution in [0.1, 0.15) is 28.1 Å². The van der Waals surface area contributed by atoms with Gasteiger partial charge in [-0.05, 0) is 69.5 Å². The molecule has 2 aromatic rings. The molecule has 1 aromatic heterocycles. The van der Waals surface area contributed by atoms with E-state index in [1.54, 1.807) is 0 Å². The van der Waals surface area contributed by atoms with Gasteiger partial charge in [0.25, 0.3) is 0 Å². The maximum absolute atomic E-state index is 5.94. The van der Waals surface area contributed by atoms with Crippen LogP contribution in [0, 0.1) is 34.6 Å². The van der Waals surface area contributed by atoms with E-state index >= 15 is 0 Å². The van der Waals surface area contributed by atoms with Crippen molar-refractivity contribution in [3.63, 3.8) is 0 Å². The number of hydrogen-bond donors (Lipinski definition) is 0. The van der Waals surface area contributed by atoms with Crippen LogP contribution in [0.2, 0.25) is 0 Å². The summed E-state index contributed by atoms with van der Waals surface area (Å²) in [6.07, 6.45) is 0. The third-order valence-electron chi connectivity index (χ3n) is 3.78. The average Bonchev–Trinajstić information content (AvgIpc) is 2.67. The molecule has 1 heterocycles. The fourth-order valence-corrected chi connectivity index (χ4v) is 2.39. The van der Waals surface area contributed by atoms with E-state index in [-0.39, 0.29) is 0 Å². The Bertz CT molecular complexity index is 562. The van der Waals surface area contributed by atoms with Gasteiger partial charge in [-0.1, -0.05) is 6.07 Å². The molecule has 0 amide bonds. The summed E-state index contributed by atoms with van der Waals surface area (Å²) in [5.74, 6) is 1.01. The summed E-state index contributed by atoms with van der Waals surface area (Å²) in [7, 11) is 0. The highest BCUT2D eigenvalue weighted by Crippen LogP contribution is 2.22. The maximum atomic E-state index is 5.94. The largest absolute Gasteiger partial charge is 0.491 e. The predicted molar refractivity (Wildman–Crippen MR) is 80.1 cm³/mol. The van der Waals surface area contributed by atoms with Crippen molar-refractivity contribution in [2.75, 3.05) is 6.61 Å². The van der Waals surface area contributed by atoms with Crippen molar-refractivity contribution in [3.05, 3.63) is 52.3 Å². The second kappa shape index (κ2) is 5.52. The molecule has 0 aliphatic heterocycles. The van der Waals surface area contributed by atoms with Gasteiger partial charge < -0.3 is 9.30 Å². The summed E-state index contributed by atoms with van der Waals surface area (Å²) in [6, 6.07) is 8.63. The summed E-state index contributed by atoms with van der Waals surface area (Å²) in [5.41, 5.74) is 6.40. The Hall–Kier alpha value is -1.70. The van der Waals surface area contributed by atoms with Crippen LogP contribution < -0.4 is 4.74 Å². The molecular formula is C17H23NO. The van der Waals surface area contributed by atoms with Gasteiger partial charge in [-0.3, -0.25) is 0 Å². The molecule has 19 heavy (non-hydrogen) atoms. The number of aromatic nitrogens is 1. The van der Waals surface area contributed by atoms with Crippen LogP contribution in [0.25, 0.3) is 0 Å². The van der Waals surface area contributed by atoms with Crippen LogP contribution in [-0.4, -0.2) is 11.2 Å². The highest BCUT2D eigenvalue weighted by atomic mass is 16.5. The van der Waals surface area contributed by atoms with Gasteiger partial charge in [0.05, 0.1) is 6.54 Å². The highest BCUT2D eigenvalue weighted by Gasteiger charge is 2.04. The Balaban J connectivity index is 2.02. The molecule has 0 aliphatic rings. The number of nitrogens with zero attached hydrogens (tertiary/aromatic N) is 1. The highest BCUT2D eigenvalue weighted by molar-refractivity contribution is 5.40. The van der Waals surface area contributed by atoms with Crippen LogP contribution >= 0.6 is 0 Å². The number of hydrogen-bond acceptors (Lipinski definition) is 1. The molecule has 2 heteroatoms. The molecule has 0 spiro atoms. The summed E-state index contributed by atoms with van der Waals surface area (Å²) < 4.78 is 8.22. The fourth-order valence-electron chi connectivity index (χ4n) is 2.39. The number of benzene rings is 1. The van der Waals surface area contributed by atoms with Gasteiger partial charge in [0.2, 0.25) is 0 Å². The molecule has 0 radical (unpaired) electrons. The first kappa shape index (κ1) is 13.7. The molecule has 0 N–H and O–H groups in total. The SMILES string of the molecule is Cc1cc(C)c(OCCn2c(C)ccc2C)cc1C. The van der Waals surface area contributed by atoms with Crippen molar-refractivity contribution in [1.82, 2.24) is 4.57 Å². The quantitative estimate of drug-likeness (QED) is 0.804. The first-order chi connectivity index (χ1) is 8.99. The molecule has 0 unspecified atom stereocenters. The monoisotopic (exact) mass is 257 g/mol. The molecule has 0 saturated heterocycles. The smallest absolute Gasteiger partial charge is 0.122 e. The van der Waals surface area contributed by atoms with Gasteiger partial charge >= 0.3 is 0 Å². The van der Waals surface area contributed by atoms with Crippen LogP contribution in [-0.2, 0) is 6.54 Å². The molecule has 0 bridgehead atoms. The first-order valence-electron chi connectivity index (χ1n) is 6.82. The lowest BCUT2D eigenvalue weighted by Crippen LogP contribution is -2.11. The van der Waals surface area contributed by atoms with Gasteiger partial charge in [0.1, 0.15) is 12.4 Å².